The Hall–Kier alpha value is -6.38. The molecule has 8 aromatic carbocycles. The van der Waals surface area contributed by atoms with E-state index in [1.54, 1.807) is 0 Å². The first kappa shape index (κ1) is 36.9. The minimum absolute atomic E-state index is 0.0274. The van der Waals surface area contributed by atoms with Gasteiger partial charge in [0.2, 0.25) is 0 Å². The lowest BCUT2D eigenvalue weighted by atomic mass is 9.63. The van der Waals surface area contributed by atoms with Crippen LogP contribution in [0.1, 0.15) is 76.6 Å². The van der Waals surface area contributed by atoms with E-state index in [-0.39, 0.29) is 16.2 Å². The number of para-hydroxylation sites is 1. The largest absolute Gasteiger partial charge is 0.310 e. The van der Waals surface area contributed by atoms with Crippen LogP contribution in [0, 0.1) is 0 Å². The second-order valence-electron chi connectivity index (χ2n) is 18.5. The van der Waals surface area contributed by atoms with E-state index in [0.29, 0.717) is 0 Å². The lowest BCUT2D eigenvalue weighted by Crippen LogP contribution is -2.34. The van der Waals surface area contributed by atoms with Gasteiger partial charge in [0.05, 0.1) is 0 Å². The Kier molecular flexibility index (Phi) is 8.69. The average molecular weight is 765 g/mol. The van der Waals surface area contributed by atoms with Gasteiger partial charge in [-0.15, -0.1) is 0 Å². The summed E-state index contributed by atoms with van der Waals surface area (Å²) in [6.07, 6.45) is 2.39. The molecule has 2 aliphatic rings. The highest BCUT2D eigenvalue weighted by atomic mass is 15.1. The molecule has 0 spiro atoms. The Balaban J connectivity index is 1.01. The van der Waals surface area contributed by atoms with Gasteiger partial charge in [0.25, 0.3) is 0 Å². The van der Waals surface area contributed by atoms with Crippen LogP contribution in [0.4, 0.5) is 34.1 Å². The van der Waals surface area contributed by atoms with Crippen molar-refractivity contribution in [1.29, 1.82) is 0 Å². The molecule has 0 saturated heterocycles. The molecule has 0 aromatic heterocycles. The van der Waals surface area contributed by atoms with Gasteiger partial charge >= 0.3 is 0 Å². The zero-order valence-electron chi connectivity index (χ0n) is 35.1. The van der Waals surface area contributed by atoms with Crippen molar-refractivity contribution in [2.45, 2.75) is 70.6 Å². The quantitative estimate of drug-likeness (QED) is 0.159. The molecule has 2 aliphatic carbocycles. The first-order valence-corrected chi connectivity index (χ1v) is 21.2. The highest BCUT2D eigenvalue weighted by molar-refractivity contribution is 5.90. The molecule has 2 heteroatoms. The van der Waals surface area contributed by atoms with Crippen molar-refractivity contribution in [1.82, 2.24) is 0 Å². The van der Waals surface area contributed by atoms with E-state index in [9.17, 15) is 0 Å². The normalized spacial score (nSPS) is 15.6. The van der Waals surface area contributed by atoms with Crippen LogP contribution in [0.3, 0.4) is 0 Å². The van der Waals surface area contributed by atoms with Gasteiger partial charge in [-0.25, -0.2) is 0 Å². The second-order valence-corrected chi connectivity index (χ2v) is 18.5. The van der Waals surface area contributed by atoms with Gasteiger partial charge in [0.15, 0.2) is 0 Å². The van der Waals surface area contributed by atoms with E-state index in [4.69, 9.17) is 0 Å². The smallest absolute Gasteiger partial charge is 0.0468 e. The summed E-state index contributed by atoms with van der Waals surface area (Å²) < 4.78 is 0. The molecule has 290 valence electrons. The molecule has 0 heterocycles. The molecule has 10 rings (SSSR count). The van der Waals surface area contributed by atoms with Crippen LogP contribution in [-0.4, -0.2) is 0 Å². The van der Waals surface area contributed by atoms with Gasteiger partial charge in [-0.2, -0.15) is 0 Å². The lowest BCUT2D eigenvalue weighted by Gasteiger charge is -2.42. The maximum atomic E-state index is 2.47. The third kappa shape index (κ3) is 6.34. The summed E-state index contributed by atoms with van der Waals surface area (Å²) in [6, 6.07) is 67.5. The summed E-state index contributed by atoms with van der Waals surface area (Å²) >= 11 is 0. The van der Waals surface area contributed by atoms with E-state index < -0.39 is 0 Å². The Labute approximate surface area is 350 Å². The molecule has 0 saturated carbocycles. The number of anilines is 6. The summed E-state index contributed by atoms with van der Waals surface area (Å²) in [7, 11) is 0. The predicted octanol–water partition coefficient (Wildman–Crippen LogP) is 16.1. The SMILES string of the molecule is CC1(C)CCC(C)(C)c2cc(N(c3ccc(-c4ccc(N(c5ccccc5)c5ccc6c(c5)-c5ccccc5C6(C)C)cc4)cc3)c3ccc4ccccc4c3)ccc21. The van der Waals surface area contributed by atoms with E-state index in [1.165, 1.54) is 73.8 Å². The maximum absolute atomic E-state index is 2.47. The van der Waals surface area contributed by atoms with Crippen LogP contribution in [0.25, 0.3) is 33.0 Å². The summed E-state index contributed by atoms with van der Waals surface area (Å²) in [5.74, 6) is 0. The van der Waals surface area contributed by atoms with Gasteiger partial charge in [-0.1, -0.05) is 151 Å². The Morgan fingerprint density at radius 2 is 0.780 bits per heavy atom. The van der Waals surface area contributed by atoms with Crippen LogP contribution < -0.4 is 9.80 Å². The molecule has 0 aliphatic heterocycles. The fourth-order valence-electron chi connectivity index (χ4n) is 9.96. The zero-order valence-corrected chi connectivity index (χ0v) is 35.1. The minimum Gasteiger partial charge on any atom is -0.310 e. The number of fused-ring (bicyclic) bond motifs is 5. The molecule has 0 atom stereocenters. The van der Waals surface area contributed by atoms with Crippen molar-refractivity contribution in [3.05, 3.63) is 204 Å². The third-order valence-corrected chi connectivity index (χ3v) is 13.5. The van der Waals surface area contributed by atoms with Crippen LogP contribution >= 0.6 is 0 Å². The standard InChI is InChI=1S/C57H52N2/c1-55(2)34-35-56(3,4)54-38-48(31-33-53(54)55)59(46-29-24-39-14-10-11-15-42(39)36-46)45-27-22-41(23-28-45)40-20-25-44(26-21-40)58(43-16-8-7-9-17-43)47-30-32-52-50(37-47)49-18-12-13-19-51(49)57(52,5)6/h7-33,36-38H,34-35H2,1-6H3. The molecular formula is C57H52N2. The highest BCUT2D eigenvalue weighted by Gasteiger charge is 2.38. The third-order valence-electron chi connectivity index (χ3n) is 13.5. The Morgan fingerprint density at radius 3 is 1.46 bits per heavy atom. The number of hydrogen-bond donors (Lipinski definition) is 0. The van der Waals surface area contributed by atoms with Gasteiger partial charge < -0.3 is 9.80 Å². The molecule has 0 amide bonds. The fourth-order valence-corrected chi connectivity index (χ4v) is 9.96. The number of benzene rings is 8. The number of nitrogens with zero attached hydrogens (tertiary/aromatic N) is 2. The fraction of sp³-hybridized carbons (Fsp3) is 0.193. The van der Waals surface area contributed by atoms with Crippen molar-refractivity contribution < 1.29 is 0 Å². The summed E-state index contributed by atoms with van der Waals surface area (Å²) in [5, 5.41) is 2.49. The summed E-state index contributed by atoms with van der Waals surface area (Å²) in [4.78, 5) is 4.81. The molecule has 2 nitrogen and oxygen atoms in total. The molecule has 8 aromatic rings. The van der Waals surface area contributed by atoms with E-state index >= 15 is 0 Å². The van der Waals surface area contributed by atoms with E-state index in [2.05, 4.69) is 233 Å². The van der Waals surface area contributed by atoms with Crippen molar-refractivity contribution in [2.24, 2.45) is 0 Å². The predicted molar refractivity (Wildman–Crippen MR) is 252 cm³/mol. The zero-order chi connectivity index (χ0) is 40.5. The van der Waals surface area contributed by atoms with Crippen molar-refractivity contribution in [3.63, 3.8) is 0 Å². The second kappa shape index (κ2) is 13.9. The first-order chi connectivity index (χ1) is 28.5. The summed E-state index contributed by atoms with van der Waals surface area (Å²) in [5.41, 5.74) is 17.9. The van der Waals surface area contributed by atoms with Gasteiger partial charge in [-0.3, -0.25) is 0 Å². The summed E-state index contributed by atoms with van der Waals surface area (Å²) in [6.45, 7) is 14.3. The lowest BCUT2D eigenvalue weighted by molar-refractivity contribution is 0.332. The first-order valence-electron chi connectivity index (χ1n) is 21.2. The van der Waals surface area contributed by atoms with Crippen molar-refractivity contribution >= 4 is 44.9 Å². The van der Waals surface area contributed by atoms with E-state index in [0.717, 1.165) is 28.4 Å². The van der Waals surface area contributed by atoms with Crippen LogP contribution in [0.15, 0.2) is 182 Å². The molecule has 0 fully saturated rings. The molecular weight excluding hydrogens is 713 g/mol. The molecule has 0 radical (unpaired) electrons. The van der Waals surface area contributed by atoms with Gasteiger partial charge in [-0.05, 0) is 152 Å². The topological polar surface area (TPSA) is 6.48 Å². The van der Waals surface area contributed by atoms with Crippen LogP contribution in [0.5, 0.6) is 0 Å². The van der Waals surface area contributed by atoms with Crippen LogP contribution in [0.2, 0.25) is 0 Å². The number of rotatable bonds is 7. The molecule has 0 N–H and O–H groups in total. The van der Waals surface area contributed by atoms with Crippen molar-refractivity contribution in [2.75, 3.05) is 9.80 Å². The average Bonchev–Trinajstić information content (AvgIpc) is 3.49. The van der Waals surface area contributed by atoms with Crippen molar-refractivity contribution in [3.8, 4) is 22.3 Å². The number of hydrogen-bond acceptors (Lipinski definition) is 2. The molecule has 0 bridgehead atoms. The Bertz CT molecular complexity index is 2840. The minimum atomic E-state index is -0.0274. The Morgan fingerprint density at radius 1 is 0.322 bits per heavy atom. The maximum Gasteiger partial charge on any atom is 0.0468 e. The molecule has 0 unspecified atom stereocenters. The van der Waals surface area contributed by atoms with Crippen LogP contribution in [-0.2, 0) is 16.2 Å². The van der Waals surface area contributed by atoms with E-state index in [1.807, 2.05) is 0 Å². The van der Waals surface area contributed by atoms with Gasteiger partial charge in [0, 0.05) is 39.5 Å². The highest BCUT2D eigenvalue weighted by Crippen LogP contribution is 2.51. The monoisotopic (exact) mass is 764 g/mol. The van der Waals surface area contributed by atoms with Gasteiger partial charge in [0.1, 0.15) is 0 Å². The molecule has 59 heavy (non-hydrogen) atoms.